The van der Waals surface area contributed by atoms with Gasteiger partial charge in [-0.15, -0.1) is 0 Å². The number of carbonyl (C=O) groups excluding carboxylic acids is 1. The molecule has 0 aromatic rings. The fourth-order valence-electron chi connectivity index (χ4n) is 1.42. The number of hydrogen-bond donors (Lipinski definition) is 0. The van der Waals surface area contributed by atoms with Crippen LogP contribution in [-0.4, -0.2) is 19.1 Å². The monoisotopic (exact) mass is 183 g/mol. The number of methoxy groups -OCH3 is 1. The average Bonchev–Trinajstić information content (AvgIpc) is 2.95. The Hall–Kier alpha value is -1.22. The zero-order valence-electron chi connectivity index (χ0n) is 7.80. The van der Waals surface area contributed by atoms with Crippen LogP contribution in [-0.2, 0) is 9.53 Å². The van der Waals surface area contributed by atoms with Gasteiger partial charge in [0.25, 0.3) is 0 Å². The molecule has 0 amide bonds. The van der Waals surface area contributed by atoms with Crippen molar-refractivity contribution in [2.75, 3.05) is 7.11 Å². The van der Waals surface area contributed by atoms with Crippen LogP contribution in [0.4, 0.5) is 0 Å². The van der Waals surface area contributed by atoms with Crippen LogP contribution in [0.2, 0.25) is 0 Å². The van der Waals surface area contributed by atoms with Crippen LogP contribution in [0.1, 0.15) is 19.8 Å². The maximum atomic E-state index is 11.2. The first-order chi connectivity index (χ1) is 6.20. The van der Waals surface area contributed by atoms with E-state index in [2.05, 4.69) is 14.8 Å². The van der Waals surface area contributed by atoms with Crippen molar-refractivity contribution in [3.8, 4) is 0 Å². The largest absolute Gasteiger partial charge is 0.469 e. The molecule has 0 spiro atoms. The highest BCUT2D eigenvalue weighted by Gasteiger charge is 2.36. The average molecular weight is 183 g/mol. The first-order valence-corrected chi connectivity index (χ1v) is 4.32. The summed E-state index contributed by atoms with van der Waals surface area (Å²) >= 11 is 0. The SMILES string of the molecule is COC(=O)C(N=[N+]=[N-])C(C)C1CC1. The second kappa shape index (κ2) is 4.14. The van der Waals surface area contributed by atoms with Crippen molar-refractivity contribution >= 4 is 5.97 Å². The van der Waals surface area contributed by atoms with Crippen molar-refractivity contribution in [2.45, 2.75) is 25.8 Å². The molecule has 1 aliphatic carbocycles. The Labute approximate surface area is 76.7 Å². The zero-order chi connectivity index (χ0) is 9.84. The molecule has 5 nitrogen and oxygen atoms in total. The summed E-state index contributed by atoms with van der Waals surface area (Å²) in [5.74, 6) is 0.190. The minimum atomic E-state index is -0.650. The molecule has 1 aliphatic rings. The predicted octanol–water partition coefficient (Wildman–Crippen LogP) is 1.88. The minimum Gasteiger partial charge on any atom is -0.469 e. The summed E-state index contributed by atoms with van der Waals surface area (Å²) in [5, 5.41) is 3.46. The van der Waals surface area contributed by atoms with Gasteiger partial charge in [0.1, 0.15) is 6.04 Å². The maximum absolute atomic E-state index is 11.2. The number of ether oxygens (including phenoxy) is 1. The van der Waals surface area contributed by atoms with Crippen molar-refractivity contribution in [3.63, 3.8) is 0 Å². The molecule has 13 heavy (non-hydrogen) atoms. The molecule has 0 bridgehead atoms. The van der Waals surface area contributed by atoms with E-state index < -0.39 is 12.0 Å². The van der Waals surface area contributed by atoms with E-state index in [9.17, 15) is 4.79 Å². The van der Waals surface area contributed by atoms with Gasteiger partial charge in [0.2, 0.25) is 0 Å². The Kier molecular flexibility index (Phi) is 3.14. The van der Waals surface area contributed by atoms with E-state index in [-0.39, 0.29) is 5.92 Å². The van der Waals surface area contributed by atoms with E-state index in [1.807, 2.05) is 6.92 Å². The topological polar surface area (TPSA) is 75.1 Å². The first kappa shape index (κ1) is 9.86. The summed E-state index contributed by atoms with van der Waals surface area (Å²) in [6.45, 7) is 1.92. The third-order valence-electron chi connectivity index (χ3n) is 2.48. The van der Waals surface area contributed by atoms with E-state index in [0.717, 1.165) is 12.8 Å². The summed E-state index contributed by atoms with van der Waals surface area (Å²) in [7, 11) is 1.31. The van der Waals surface area contributed by atoms with Crippen LogP contribution < -0.4 is 0 Å². The molecular weight excluding hydrogens is 170 g/mol. The van der Waals surface area contributed by atoms with Crippen molar-refractivity contribution < 1.29 is 9.53 Å². The molecule has 0 heterocycles. The molecule has 2 atom stereocenters. The second-order valence-electron chi connectivity index (χ2n) is 3.37. The molecule has 0 saturated heterocycles. The highest BCUT2D eigenvalue weighted by molar-refractivity contribution is 5.76. The highest BCUT2D eigenvalue weighted by atomic mass is 16.5. The molecule has 1 rings (SSSR count). The lowest BCUT2D eigenvalue weighted by atomic mass is 9.97. The minimum absolute atomic E-state index is 0.100. The van der Waals surface area contributed by atoms with Gasteiger partial charge < -0.3 is 4.74 Å². The Morgan fingerprint density at radius 3 is 2.69 bits per heavy atom. The molecule has 0 N–H and O–H groups in total. The smallest absolute Gasteiger partial charge is 0.314 e. The van der Waals surface area contributed by atoms with Gasteiger partial charge in [0.15, 0.2) is 0 Å². The van der Waals surface area contributed by atoms with Gasteiger partial charge in [0.05, 0.1) is 7.11 Å². The standard InChI is InChI=1S/C8H13N3O2/c1-5(6-3-4-6)7(10-11-9)8(12)13-2/h5-7H,3-4H2,1-2H3. The molecule has 5 heteroatoms. The maximum Gasteiger partial charge on any atom is 0.314 e. The molecule has 0 radical (unpaired) electrons. The third kappa shape index (κ3) is 2.36. The quantitative estimate of drug-likeness (QED) is 0.289. The Morgan fingerprint density at radius 2 is 2.31 bits per heavy atom. The van der Waals surface area contributed by atoms with Crippen LogP contribution in [0.15, 0.2) is 5.11 Å². The number of esters is 1. The molecule has 1 fully saturated rings. The predicted molar refractivity (Wildman–Crippen MR) is 46.8 cm³/mol. The summed E-state index contributed by atoms with van der Waals surface area (Å²) in [6, 6.07) is -0.650. The molecule has 2 unspecified atom stereocenters. The highest BCUT2D eigenvalue weighted by Crippen LogP contribution is 2.39. The van der Waals surface area contributed by atoms with Crippen LogP contribution in [0, 0.1) is 11.8 Å². The second-order valence-corrected chi connectivity index (χ2v) is 3.37. The third-order valence-corrected chi connectivity index (χ3v) is 2.48. The summed E-state index contributed by atoms with van der Waals surface area (Å²) < 4.78 is 4.56. The molecule has 0 aromatic carbocycles. The molecule has 0 aliphatic heterocycles. The van der Waals surface area contributed by atoms with Gasteiger partial charge in [-0.05, 0) is 30.2 Å². The van der Waals surface area contributed by atoms with Crippen LogP contribution >= 0.6 is 0 Å². The summed E-state index contributed by atoms with van der Waals surface area (Å²) in [4.78, 5) is 13.8. The van der Waals surface area contributed by atoms with Gasteiger partial charge in [-0.25, -0.2) is 0 Å². The molecular formula is C8H13N3O2. The fraction of sp³-hybridized carbons (Fsp3) is 0.875. The number of rotatable bonds is 4. The Bertz CT molecular complexity index is 244. The Morgan fingerprint density at radius 1 is 1.69 bits per heavy atom. The van der Waals surface area contributed by atoms with Crippen LogP contribution in [0.25, 0.3) is 10.4 Å². The zero-order valence-corrected chi connectivity index (χ0v) is 7.80. The number of azide groups is 1. The van der Waals surface area contributed by atoms with E-state index >= 15 is 0 Å². The van der Waals surface area contributed by atoms with Crippen molar-refractivity contribution in [1.29, 1.82) is 0 Å². The lowest BCUT2D eigenvalue weighted by Crippen LogP contribution is -2.28. The fourth-order valence-corrected chi connectivity index (χ4v) is 1.42. The van der Waals surface area contributed by atoms with Crippen molar-refractivity contribution in [2.24, 2.45) is 17.0 Å². The van der Waals surface area contributed by atoms with Crippen molar-refractivity contribution in [3.05, 3.63) is 10.4 Å². The number of hydrogen-bond acceptors (Lipinski definition) is 3. The molecule has 72 valence electrons. The first-order valence-electron chi connectivity index (χ1n) is 4.32. The van der Waals surface area contributed by atoms with E-state index in [4.69, 9.17) is 5.53 Å². The van der Waals surface area contributed by atoms with Crippen molar-refractivity contribution in [1.82, 2.24) is 0 Å². The number of carbonyl (C=O) groups is 1. The lowest BCUT2D eigenvalue weighted by molar-refractivity contribution is -0.143. The van der Waals surface area contributed by atoms with E-state index in [1.165, 1.54) is 7.11 Å². The van der Waals surface area contributed by atoms with Gasteiger partial charge >= 0.3 is 5.97 Å². The number of nitrogens with zero attached hydrogens (tertiary/aromatic N) is 3. The van der Waals surface area contributed by atoms with E-state index in [0.29, 0.717) is 5.92 Å². The van der Waals surface area contributed by atoms with Gasteiger partial charge in [-0.3, -0.25) is 4.79 Å². The van der Waals surface area contributed by atoms with E-state index in [1.54, 1.807) is 0 Å². The van der Waals surface area contributed by atoms with Gasteiger partial charge in [0, 0.05) is 4.91 Å². The molecule has 1 saturated carbocycles. The molecule has 0 aromatic heterocycles. The normalized spacial score (nSPS) is 19.8. The lowest BCUT2D eigenvalue weighted by Gasteiger charge is -2.15. The van der Waals surface area contributed by atoms with Crippen LogP contribution in [0.3, 0.4) is 0 Å². The van der Waals surface area contributed by atoms with Crippen LogP contribution in [0.5, 0.6) is 0 Å². The summed E-state index contributed by atoms with van der Waals surface area (Å²) in [5.41, 5.74) is 8.28. The van der Waals surface area contributed by atoms with Gasteiger partial charge in [-0.1, -0.05) is 12.0 Å². The Balaban J connectivity index is 2.64. The van der Waals surface area contributed by atoms with Gasteiger partial charge in [-0.2, -0.15) is 0 Å². The summed E-state index contributed by atoms with van der Waals surface area (Å²) in [6.07, 6.45) is 2.24.